The van der Waals surface area contributed by atoms with Gasteiger partial charge in [-0.25, -0.2) is 0 Å². The third-order valence-electron chi connectivity index (χ3n) is 5.61. The van der Waals surface area contributed by atoms with Crippen LogP contribution >= 0.6 is 22.9 Å². The molecule has 2 aromatic heterocycles. The number of carbonyl (C=O) groups is 1. The van der Waals surface area contributed by atoms with E-state index >= 15 is 0 Å². The van der Waals surface area contributed by atoms with E-state index < -0.39 is 0 Å². The molecular formula is C27H22ClN5OS. The summed E-state index contributed by atoms with van der Waals surface area (Å²) in [4.78, 5) is 14.1. The summed E-state index contributed by atoms with van der Waals surface area (Å²) in [6.07, 6.45) is 2.70. The molecule has 2 heterocycles. The summed E-state index contributed by atoms with van der Waals surface area (Å²) >= 11 is 7.59. The number of benzene rings is 3. The van der Waals surface area contributed by atoms with Crippen LogP contribution < -0.4 is 11.1 Å². The smallest absolute Gasteiger partial charge is 0.255 e. The molecule has 0 unspecified atom stereocenters. The summed E-state index contributed by atoms with van der Waals surface area (Å²) in [5.74, 6) is -0.239. The summed E-state index contributed by atoms with van der Waals surface area (Å²) in [6.45, 7) is 0.689. The molecule has 6 nitrogen and oxygen atoms in total. The maximum atomic E-state index is 13.0. The fourth-order valence-corrected chi connectivity index (χ4v) is 4.56. The van der Waals surface area contributed by atoms with Crippen LogP contribution in [-0.2, 0) is 13.0 Å². The number of aryl methyl sites for hydroxylation is 2. The van der Waals surface area contributed by atoms with E-state index in [0.29, 0.717) is 29.2 Å². The van der Waals surface area contributed by atoms with E-state index in [9.17, 15) is 4.79 Å². The van der Waals surface area contributed by atoms with Gasteiger partial charge in [-0.15, -0.1) is 16.4 Å². The molecule has 0 saturated carbocycles. The molecule has 0 radical (unpaired) electrons. The van der Waals surface area contributed by atoms with Gasteiger partial charge in [-0.3, -0.25) is 9.48 Å². The van der Waals surface area contributed by atoms with E-state index in [4.69, 9.17) is 17.3 Å². The Hall–Kier alpha value is -3.94. The average molecular weight is 500 g/mol. The molecule has 5 rings (SSSR count). The highest BCUT2D eigenvalue weighted by atomic mass is 35.5. The zero-order valence-corrected chi connectivity index (χ0v) is 20.3. The van der Waals surface area contributed by atoms with Crippen LogP contribution in [0, 0.1) is 0 Å². The van der Waals surface area contributed by atoms with Crippen molar-refractivity contribution in [1.82, 2.24) is 15.0 Å². The SMILES string of the molecule is Nc1ccc(-c2cccs2)cc1NC(=O)c1cccc(-c2cn(CCc3ccc(Cl)cc3)nn2)c1. The van der Waals surface area contributed by atoms with E-state index in [1.54, 1.807) is 22.1 Å². The first kappa shape index (κ1) is 22.8. The van der Waals surface area contributed by atoms with E-state index in [0.717, 1.165) is 27.4 Å². The van der Waals surface area contributed by atoms with Crippen molar-refractivity contribution in [2.45, 2.75) is 13.0 Å². The summed E-state index contributed by atoms with van der Waals surface area (Å²) in [5, 5.41) is 14.2. The normalized spacial score (nSPS) is 10.9. The quantitative estimate of drug-likeness (QED) is 0.253. The van der Waals surface area contributed by atoms with Crippen molar-refractivity contribution < 1.29 is 4.79 Å². The van der Waals surface area contributed by atoms with Gasteiger partial charge in [-0.05, 0) is 65.4 Å². The second-order valence-electron chi connectivity index (χ2n) is 8.06. The van der Waals surface area contributed by atoms with Crippen molar-refractivity contribution in [3.05, 3.63) is 107 Å². The molecule has 0 spiro atoms. The molecule has 3 N–H and O–H groups in total. The highest BCUT2D eigenvalue weighted by Gasteiger charge is 2.12. The molecule has 174 valence electrons. The van der Waals surface area contributed by atoms with E-state index in [2.05, 4.69) is 15.6 Å². The number of halogens is 1. The first-order chi connectivity index (χ1) is 17.0. The van der Waals surface area contributed by atoms with Gasteiger partial charge in [0.25, 0.3) is 5.91 Å². The van der Waals surface area contributed by atoms with Crippen LogP contribution in [0.1, 0.15) is 15.9 Å². The number of nitrogens with two attached hydrogens (primary N) is 1. The van der Waals surface area contributed by atoms with Crippen LogP contribution in [0.2, 0.25) is 5.02 Å². The molecule has 0 atom stereocenters. The molecule has 0 saturated heterocycles. The second-order valence-corrected chi connectivity index (χ2v) is 9.44. The molecule has 3 aromatic carbocycles. The number of hydrogen-bond donors (Lipinski definition) is 2. The summed E-state index contributed by atoms with van der Waals surface area (Å²) in [6, 6.07) is 24.8. The second kappa shape index (κ2) is 10.1. The molecule has 5 aromatic rings. The molecule has 0 fully saturated rings. The Bertz CT molecular complexity index is 1460. The molecule has 0 bridgehead atoms. The van der Waals surface area contributed by atoms with Gasteiger partial charge < -0.3 is 11.1 Å². The van der Waals surface area contributed by atoms with Crippen LogP contribution in [-0.4, -0.2) is 20.9 Å². The third-order valence-corrected chi connectivity index (χ3v) is 6.78. The van der Waals surface area contributed by atoms with Crippen molar-refractivity contribution >= 4 is 40.2 Å². The number of nitrogens with one attached hydrogen (secondary N) is 1. The van der Waals surface area contributed by atoms with E-state index in [-0.39, 0.29) is 5.91 Å². The first-order valence-corrected chi connectivity index (χ1v) is 12.3. The Morgan fingerprint density at radius 1 is 1.00 bits per heavy atom. The van der Waals surface area contributed by atoms with E-state index in [1.165, 1.54) is 5.56 Å². The number of thiophene rings is 1. The Morgan fingerprint density at radius 2 is 1.86 bits per heavy atom. The number of nitrogen functional groups attached to an aromatic ring is 1. The largest absolute Gasteiger partial charge is 0.397 e. The van der Waals surface area contributed by atoms with Gasteiger partial charge in [0.2, 0.25) is 0 Å². The number of rotatable bonds is 7. The maximum absolute atomic E-state index is 13.0. The number of anilines is 2. The van der Waals surface area contributed by atoms with E-state index in [1.807, 2.05) is 84.4 Å². The van der Waals surface area contributed by atoms with Crippen LogP contribution in [0.25, 0.3) is 21.7 Å². The van der Waals surface area contributed by atoms with Gasteiger partial charge in [0.1, 0.15) is 5.69 Å². The van der Waals surface area contributed by atoms with Crippen LogP contribution in [0.15, 0.2) is 90.4 Å². The van der Waals surface area contributed by atoms with Gasteiger partial charge >= 0.3 is 0 Å². The Kier molecular flexibility index (Phi) is 6.61. The fraction of sp³-hybridized carbons (Fsp3) is 0.0741. The zero-order chi connectivity index (χ0) is 24.2. The Balaban J connectivity index is 1.29. The highest BCUT2D eigenvalue weighted by Crippen LogP contribution is 2.30. The molecule has 8 heteroatoms. The molecule has 1 amide bonds. The molecule has 0 aliphatic carbocycles. The van der Waals surface area contributed by atoms with Crippen molar-refractivity contribution in [3.63, 3.8) is 0 Å². The van der Waals surface area contributed by atoms with Crippen molar-refractivity contribution in [1.29, 1.82) is 0 Å². The van der Waals surface area contributed by atoms with Gasteiger partial charge in [0.05, 0.1) is 17.6 Å². The lowest BCUT2D eigenvalue weighted by atomic mass is 10.1. The molecular weight excluding hydrogens is 478 g/mol. The Labute approximate surface area is 212 Å². The lowest BCUT2D eigenvalue weighted by Gasteiger charge is -2.10. The topological polar surface area (TPSA) is 85.8 Å². The number of nitrogens with zero attached hydrogens (tertiary/aromatic N) is 3. The van der Waals surface area contributed by atoms with Crippen molar-refractivity contribution in [2.24, 2.45) is 0 Å². The minimum Gasteiger partial charge on any atom is -0.397 e. The number of hydrogen-bond acceptors (Lipinski definition) is 5. The van der Waals surface area contributed by atoms with Crippen LogP contribution in [0.4, 0.5) is 11.4 Å². The standard InChI is InChI=1S/C27H22ClN5OS/c28-22-9-6-18(7-10-22)12-13-33-17-25(31-32-33)19-3-1-4-21(15-19)27(34)30-24-16-20(8-11-23(24)29)26-5-2-14-35-26/h1-11,14-17H,12-13,29H2,(H,30,34). The minimum absolute atomic E-state index is 0.239. The lowest BCUT2D eigenvalue weighted by molar-refractivity contribution is 0.102. The van der Waals surface area contributed by atoms with Gasteiger partial charge in [-0.2, -0.15) is 0 Å². The monoisotopic (exact) mass is 499 g/mol. The number of aromatic nitrogens is 3. The van der Waals surface area contributed by atoms with Gasteiger partial charge in [0.15, 0.2) is 0 Å². The maximum Gasteiger partial charge on any atom is 0.255 e. The molecule has 0 aliphatic rings. The predicted octanol–water partition coefficient (Wildman–Crippen LogP) is 6.40. The van der Waals surface area contributed by atoms with Gasteiger partial charge in [-0.1, -0.05) is 53.2 Å². The summed E-state index contributed by atoms with van der Waals surface area (Å²) in [7, 11) is 0. The van der Waals surface area contributed by atoms with Crippen LogP contribution in [0.5, 0.6) is 0 Å². The van der Waals surface area contributed by atoms with Crippen molar-refractivity contribution in [2.75, 3.05) is 11.1 Å². The average Bonchev–Trinajstić information content (AvgIpc) is 3.58. The van der Waals surface area contributed by atoms with Crippen LogP contribution in [0.3, 0.4) is 0 Å². The zero-order valence-electron chi connectivity index (χ0n) is 18.7. The number of amides is 1. The number of carbonyl (C=O) groups excluding carboxylic acids is 1. The van der Waals surface area contributed by atoms with Crippen molar-refractivity contribution in [3.8, 4) is 21.7 Å². The molecule has 0 aliphatic heterocycles. The molecule has 35 heavy (non-hydrogen) atoms. The minimum atomic E-state index is -0.239. The fourth-order valence-electron chi connectivity index (χ4n) is 3.71. The van der Waals surface area contributed by atoms with Gasteiger partial charge in [0, 0.05) is 27.6 Å². The Morgan fingerprint density at radius 3 is 2.66 bits per heavy atom. The summed E-state index contributed by atoms with van der Waals surface area (Å²) in [5.41, 5.74) is 11.4. The predicted molar refractivity (Wildman–Crippen MR) is 143 cm³/mol. The summed E-state index contributed by atoms with van der Waals surface area (Å²) < 4.78 is 1.80. The lowest BCUT2D eigenvalue weighted by Crippen LogP contribution is -2.13. The first-order valence-electron chi connectivity index (χ1n) is 11.0. The third kappa shape index (κ3) is 5.42. The highest BCUT2D eigenvalue weighted by molar-refractivity contribution is 7.13.